The molecule has 0 saturated carbocycles. The third-order valence-electron chi connectivity index (χ3n) is 6.10. The predicted octanol–water partition coefficient (Wildman–Crippen LogP) is 3.32. The van der Waals surface area contributed by atoms with Crippen LogP contribution in [0.15, 0.2) is 34.9 Å². The number of carbonyl (C=O) groups is 2. The van der Waals surface area contributed by atoms with Crippen LogP contribution in [0.2, 0.25) is 0 Å². The van der Waals surface area contributed by atoms with Gasteiger partial charge in [0.2, 0.25) is 5.91 Å². The fourth-order valence-corrected chi connectivity index (χ4v) is 4.92. The highest BCUT2D eigenvalue weighted by molar-refractivity contribution is 6.05. The molecule has 2 bridgehead atoms. The monoisotopic (exact) mass is 397 g/mol. The molecular weight excluding hydrogens is 366 g/mol. The zero-order valence-corrected chi connectivity index (χ0v) is 17.5. The first-order valence-corrected chi connectivity index (χ1v) is 10.6. The van der Waals surface area contributed by atoms with E-state index >= 15 is 0 Å². The van der Waals surface area contributed by atoms with Crippen LogP contribution in [0.5, 0.6) is 0 Å². The standard InChI is InChI=1S/C23H31N3O3/c1-23(2,3)25-21(27)13-26-16-8-9-17(26)11-15(10-16)12-24-22(28)19-14-29-20-7-5-4-6-18(19)20/h4-7,14-17H,8-13H2,1-3H3,(H,24,28)(H,25,27)/t15-,16-,17+. The average molecular weight is 398 g/mol. The summed E-state index contributed by atoms with van der Waals surface area (Å²) in [6, 6.07) is 8.48. The molecule has 6 nitrogen and oxygen atoms in total. The Hall–Kier alpha value is -2.34. The van der Waals surface area contributed by atoms with Gasteiger partial charge in [-0.3, -0.25) is 14.5 Å². The number of fused-ring (bicyclic) bond motifs is 3. The van der Waals surface area contributed by atoms with E-state index in [4.69, 9.17) is 4.42 Å². The average Bonchev–Trinajstić information content (AvgIpc) is 3.16. The van der Waals surface area contributed by atoms with Crippen molar-refractivity contribution >= 4 is 22.8 Å². The molecule has 2 amide bonds. The molecule has 0 unspecified atom stereocenters. The van der Waals surface area contributed by atoms with Gasteiger partial charge in [-0.1, -0.05) is 18.2 Å². The Morgan fingerprint density at radius 1 is 1.14 bits per heavy atom. The number of carbonyl (C=O) groups excluding carboxylic acids is 2. The van der Waals surface area contributed by atoms with E-state index in [-0.39, 0.29) is 17.4 Å². The number of benzene rings is 1. The van der Waals surface area contributed by atoms with E-state index in [1.807, 2.05) is 45.0 Å². The van der Waals surface area contributed by atoms with Gasteiger partial charge in [0.15, 0.2) is 0 Å². The van der Waals surface area contributed by atoms with Gasteiger partial charge in [-0.2, -0.15) is 0 Å². The predicted molar refractivity (Wildman–Crippen MR) is 113 cm³/mol. The lowest BCUT2D eigenvalue weighted by molar-refractivity contribution is -0.125. The molecule has 156 valence electrons. The third kappa shape index (κ3) is 4.47. The minimum absolute atomic E-state index is 0.0747. The number of nitrogens with one attached hydrogen (secondary N) is 2. The molecule has 2 aliphatic heterocycles. The Morgan fingerprint density at radius 2 is 1.83 bits per heavy atom. The second-order valence-corrected chi connectivity index (χ2v) is 9.55. The number of piperidine rings is 1. The lowest BCUT2D eigenvalue weighted by Crippen LogP contribution is -2.52. The number of amides is 2. The molecule has 0 spiro atoms. The molecule has 4 rings (SSSR count). The number of para-hydroxylation sites is 1. The quantitative estimate of drug-likeness (QED) is 0.812. The van der Waals surface area contributed by atoms with E-state index < -0.39 is 0 Å². The summed E-state index contributed by atoms with van der Waals surface area (Å²) in [7, 11) is 0. The van der Waals surface area contributed by atoms with Crippen molar-refractivity contribution in [2.75, 3.05) is 13.1 Å². The van der Waals surface area contributed by atoms with Crippen molar-refractivity contribution < 1.29 is 14.0 Å². The largest absolute Gasteiger partial charge is 0.463 e. The number of furan rings is 1. The van der Waals surface area contributed by atoms with Crippen LogP contribution in [-0.4, -0.2) is 47.4 Å². The van der Waals surface area contributed by atoms with Crippen molar-refractivity contribution in [2.45, 2.75) is 64.1 Å². The van der Waals surface area contributed by atoms with Crippen molar-refractivity contribution in [1.82, 2.24) is 15.5 Å². The number of rotatable bonds is 5. The van der Waals surface area contributed by atoms with Crippen LogP contribution in [0.4, 0.5) is 0 Å². The molecule has 2 aromatic rings. The maximum absolute atomic E-state index is 12.6. The topological polar surface area (TPSA) is 74.6 Å². The van der Waals surface area contributed by atoms with Crippen LogP contribution in [-0.2, 0) is 4.79 Å². The lowest BCUT2D eigenvalue weighted by Gasteiger charge is -2.39. The van der Waals surface area contributed by atoms with E-state index in [2.05, 4.69) is 15.5 Å². The van der Waals surface area contributed by atoms with Crippen LogP contribution in [0.25, 0.3) is 11.0 Å². The fraction of sp³-hybridized carbons (Fsp3) is 0.565. The molecule has 2 saturated heterocycles. The Balaban J connectivity index is 1.31. The van der Waals surface area contributed by atoms with Gasteiger partial charge in [-0.15, -0.1) is 0 Å². The number of hydrogen-bond acceptors (Lipinski definition) is 4. The van der Waals surface area contributed by atoms with E-state index in [1.54, 1.807) is 6.26 Å². The molecule has 3 heterocycles. The molecule has 6 heteroatoms. The van der Waals surface area contributed by atoms with Crippen LogP contribution in [0.1, 0.15) is 56.8 Å². The SMILES string of the molecule is CC(C)(C)NC(=O)CN1[C@@H]2CC[C@H]1C[C@H](CNC(=O)c1coc3ccccc13)C2. The maximum atomic E-state index is 12.6. The molecular formula is C23H31N3O3. The Labute approximate surface area is 172 Å². The summed E-state index contributed by atoms with van der Waals surface area (Å²) in [5.41, 5.74) is 1.13. The minimum atomic E-state index is -0.198. The van der Waals surface area contributed by atoms with Gasteiger partial charge < -0.3 is 15.1 Å². The summed E-state index contributed by atoms with van der Waals surface area (Å²) in [6.07, 6.45) is 5.89. The van der Waals surface area contributed by atoms with Gasteiger partial charge >= 0.3 is 0 Å². The molecule has 2 N–H and O–H groups in total. The van der Waals surface area contributed by atoms with Gasteiger partial charge in [0, 0.05) is 29.6 Å². The first kappa shape index (κ1) is 20.0. The van der Waals surface area contributed by atoms with Gasteiger partial charge in [-0.25, -0.2) is 0 Å². The fourth-order valence-electron chi connectivity index (χ4n) is 4.92. The minimum Gasteiger partial charge on any atom is -0.463 e. The molecule has 2 aliphatic rings. The number of hydrogen-bond donors (Lipinski definition) is 2. The van der Waals surface area contributed by atoms with E-state index in [9.17, 15) is 9.59 Å². The Kier molecular flexibility index (Phi) is 5.38. The lowest BCUT2D eigenvalue weighted by atomic mass is 9.90. The van der Waals surface area contributed by atoms with Crippen molar-refractivity contribution in [3.63, 3.8) is 0 Å². The van der Waals surface area contributed by atoms with Crippen LogP contribution < -0.4 is 10.6 Å². The first-order chi connectivity index (χ1) is 13.8. The van der Waals surface area contributed by atoms with Gasteiger partial charge in [0.25, 0.3) is 5.91 Å². The normalized spacial score (nSPS) is 24.6. The highest BCUT2D eigenvalue weighted by Crippen LogP contribution is 2.38. The summed E-state index contributed by atoms with van der Waals surface area (Å²) in [5, 5.41) is 7.03. The summed E-state index contributed by atoms with van der Waals surface area (Å²) in [5.74, 6) is 0.485. The van der Waals surface area contributed by atoms with E-state index in [1.165, 1.54) is 0 Å². The van der Waals surface area contributed by atoms with Gasteiger partial charge in [0.1, 0.15) is 11.8 Å². The second-order valence-electron chi connectivity index (χ2n) is 9.55. The smallest absolute Gasteiger partial charge is 0.255 e. The molecule has 0 aliphatic carbocycles. The highest BCUT2D eigenvalue weighted by Gasteiger charge is 2.41. The van der Waals surface area contributed by atoms with Crippen LogP contribution in [0.3, 0.4) is 0 Å². The molecule has 0 radical (unpaired) electrons. The van der Waals surface area contributed by atoms with Gasteiger partial charge in [0.05, 0.1) is 12.1 Å². The highest BCUT2D eigenvalue weighted by atomic mass is 16.3. The summed E-state index contributed by atoms with van der Waals surface area (Å²) in [4.78, 5) is 27.4. The first-order valence-electron chi connectivity index (χ1n) is 10.6. The Bertz CT molecular complexity index is 884. The second kappa shape index (κ2) is 7.82. The van der Waals surface area contributed by atoms with E-state index in [0.29, 0.717) is 36.7 Å². The van der Waals surface area contributed by atoms with Crippen LogP contribution >= 0.6 is 0 Å². The molecule has 3 atom stereocenters. The third-order valence-corrected chi connectivity index (χ3v) is 6.10. The summed E-state index contributed by atoms with van der Waals surface area (Å²) < 4.78 is 5.49. The summed E-state index contributed by atoms with van der Waals surface area (Å²) >= 11 is 0. The Morgan fingerprint density at radius 3 is 2.52 bits per heavy atom. The van der Waals surface area contributed by atoms with Crippen molar-refractivity contribution in [2.24, 2.45) is 5.92 Å². The summed E-state index contributed by atoms with van der Waals surface area (Å²) in [6.45, 7) is 7.19. The maximum Gasteiger partial charge on any atom is 0.255 e. The van der Waals surface area contributed by atoms with Crippen molar-refractivity contribution in [1.29, 1.82) is 0 Å². The molecule has 1 aromatic carbocycles. The zero-order chi connectivity index (χ0) is 20.6. The van der Waals surface area contributed by atoms with Gasteiger partial charge in [-0.05, 0) is 58.4 Å². The van der Waals surface area contributed by atoms with E-state index in [0.717, 1.165) is 36.7 Å². The number of nitrogens with zero attached hydrogens (tertiary/aromatic N) is 1. The van der Waals surface area contributed by atoms with Crippen molar-refractivity contribution in [3.05, 3.63) is 36.1 Å². The molecule has 1 aromatic heterocycles. The molecule has 29 heavy (non-hydrogen) atoms. The van der Waals surface area contributed by atoms with Crippen LogP contribution in [0, 0.1) is 5.92 Å². The molecule has 2 fully saturated rings. The zero-order valence-electron chi connectivity index (χ0n) is 17.5. The van der Waals surface area contributed by atoms with Crippen molar-refractivity contribution in [3.8, 4) is 0 Å².